The second-order valence-corrected chi connectivity index (χ2v) is 7.20. The summed E-state index contributed by atoms with van der Waals surface area (Å²) < 4.78 is 12.8. The molecule has 0 unspecified atom stereocenters. The number of hydrogen-bond acceptors (Lipinski definition) is 5. The number of fused-ring (bicyclic) bond motifs is 1. The number of methoxy groups -OCH3 is 1. The Hall–Kier alpha value is -2.62. The summed E-state index contributed by atoms with van der Waals surface area (Å²) in [4.78, 5) is 27.4. The fourth-order valence-corrected chi connectivity index (χ4v) is 3.30. The van der Waals surface area contributed by atoms with Crippen molar-refractivity contribution in [3.63, 3.8) is 0 Å². The second-order valence-electron chi connectivity index (χ2n) is 6.04. The van der Waals surface area contributed by atoms with E-state index in [1.807, 2.05) is 19.9 Å². The van der Waals surface area contributed by atoms with Crippen molar-refractivity contribution in [1.82, 2.24) is 9.66 Å². The highest BCUT2D eigenvalue weighted by Gasteiger charge is 2.13. The van der Waals surface area contributed by atoms with E-state index in [4.69, 9.17) is 9.47 Å². The fourth-order valence-electron chi connectivity index (χ4n) is 2.55. The van der Waals surface area contributed by atoms with Gasteiger partial charge >= 0.3 is 5.69 Å². The molecule has 0 aliphatic heterocycles. The van der Waals surface area contributed by atoms with Crippen LogP contribution in [0.4, 0.5) is 0 Å². The molecule has 0 bridgehead atoms. The molecule has 8 heteroatoms. The van der Waals surface area contributed by atoms with Crippen molar-refractivity contribution < 1.29 is 9.47 Å². The van der Waals surface area contributed by atoms with Crippen molar-refractivity contribution in [3.05, 3.63) is 66.4 Å². The standard InChI is InChI=1S/C19H18IN3O4/c1-11(2)27-17-14(20)8-12(9-16(17)26-3)10-21-23-18(24)13-6-4-5-7-15(13)22-19(23)25/h4-11H,1-3H3,(H,22,25). The number of rotatable bonds is 5. The number of nitrogens with one attached hydrogen (secondary N) is 1. The van der Waals surface area contributed by atoms with Gasteiger partial charge in [0, 0.05) is 0 Å². The molecule has 2 aromatic carbocycles. The molecule has 3 aromatic rings. The van der Waals surface area contributed by atoms with Gasteiger partial charge in [-0.15, -0.1) is 4.68 Å². The van der Waals surface area contributed by atoms with E-state index in [0.29, 0.717) is 28.0 Å². The summed E-state index contributed by atoms with van der Waals surface area (Å²) in [6.45, 7) is 3.87. The topological polar surface area (TPSA) is 85.7 Å². The van der Waals surface area contributed by atoms with Crippen LogP contribution in [0, 0.1) is 3.57 Å². The van der Waals surface area contributed by atoms with Crippen molar-refractivity contribution in [1.29, 1.82) is 0 Å². The van der Waals surface area contributed by atoms with E-state index < -0.39 is 11.2 Å². The van der Waals surface area contributed by atoms with E-state index in [9.17, 15) is 9.59 Å². The maximum Gasteiger partial charge on any atom is 0.349 e. The summed E-state index contributed by atoms with van der Waals surface area (Å²) in [7, 11) is 1.55. The first-order valence-electron chi connectivity index (χ1n) is 8.23. The van der Waals surface area contributed by atoms with E-state index >= 15 is 0 Å². The van der Waals surface area contributed by atoms with Gasteiger partial charge in [0.1, 0.15) is 0 Å². The maximum absolute atomic E-state index is 12.5. The minimum atomic E-state index is -0.601. The average Bonchev–Trinajstić information content (AvgIpc) is 2.63. The highest BCUT2D eigenvalue weighted by Crippen LogP contribution is 2.34. The third kappa shape index (κ3) is 4.05. The van der Waals surface area contributed by atoms with E-state index in [2.05, 4.69) is 32.7 Å². The summed E-state index contributed by atoms with van der Waals surface area (Å²) in [6, 6.07) is 10.4. The van der Waals surface area contributed by atoms with E-state index in [-0.39, 0.29) is 6.10 Å². The molecule has 1 aromatic heterocycles. The number of hydrogen-bond donors (Lipinski definition) is 1. The summed E-state index contributed by atoms with van der Waals surface area (Å²) in [6.07, 6.45) is 1.44. The van der Waals surface area contributed by atoms with Crippen LogP contribution in [-0.4, -0.2) is 29.1 Å². The summed E-state index contributed by atoms with van der Waals surface area (Å²) in [5.74, 6) is 1.20. The fraction of sp³-hybridized carbons (Fsp3) is 0.211. The lowest BCUT2D eigenvalue weighted by atomic mass is 10.2. The molecule has 1 heterocycles. The van der Waals surface area contributed by atoms with Gasteiger partial charge in [-0.25, -0.2) is 4.79 Å². The van der Waals surface area contributed by atoms with Gasteiger partial charge in [0.05, 0.1) is 33.9 Å². The number of halogens is 1. The van der Waals surface area contributed by atoms with Crippen molar-refractivity contribution in [3.8, 4) is 11.5 Å². The number of aromatic nitrogens is 2. The van der Waals surface area contributed by atoms with E-state index in [0.717, 1.165) is 8.25 Å². The van der Waals surface area contributed by atoms with Gasteiger partial charge in [-0.2, -0.15) is 5.10 Å². The Morgan fingerprint density at radius 3 is 2.67 bits per heavy atom. The monoisotopic (exact) mass is 479 g/mol. The first kappa shape index (κ1) is 19.2. The maximum atomic E-state index is 12.5. The van der Waals surface area contributed by atoms with Crippen LogP contribution in [0.15, 0.2) is 51.1 Å². The summed E-state index contributed by atoms with van der Waals surface area (Å²) in [5, 5.41) is 4.46. The minimum Gasteiger partial charge on any atom is -0.493 e. The van der Waals surface area contributed by atoms with Crippen LogP contribution >= 0.6 is 22.6 Å². The smallest absolute Gasteiger partial charge is 0.349 e. The predicted octanol–water partition coefficient (Wildman–Crippen LogP) is 2.97. The lowest BCUT2D eigenvalue weighted by Crippen LogP contribution is -2.32. The van der Waals surface area contributed by atoms with Gasteiger partial charge in [-0.3, -0.25) is 4.79 Å². The molecule has 140 valence electrons. The molecular formula is C19H18IN3O4. The summed E-state index contributed by atoms with van der Waals surface area (Å²) in [5.41, 5.74) is 0.0700. The SMILES string of the molecule is COc1cc(C=Nn2c(=O)[nH]c3ccccc3c2=O)cc(I)c1OC(C)C. The quantitative estimate of drug-likeness (QED) is 0.451. The predicted molar refractivity (Wildman–Crippen MR) is 113 cm³/mol. The number of nitrogens with zero attached hydrogens (tertiary/aromatic N) is 2. The first-order valence-corrected chi connectivity index (χ1v) is 9.31. The summed E-state index contributed by atoms with van der Waals surface area (Å²) >= 11 is 2.14. The van der Waals surface area contributed by atoms with Crippen LogP contribution in [0.3, 0.4) is 0 Å². The molecule has 1 N–H and O–H groups in total. The Labute approximate surface area is 168 Å². The van der Waals surface area contributed by atoms with Crippen LogP contribution in [0.1, 0.15) is 19.4 Å². The zero-order valence-corrected chi connectivity index (χ0v) is 17.2. The van der Waals surface area contributed by atoms with Crippen molar-refractivity contribution in [2.24, 2.45) is 5.10 Å². The molecule has 3 rings (SSSR count). The van der Waals surface area contributed by atoms with Gasteiger partial charge in [-0.05, 0) is 66.3 Å². The molecule has 0 aliphatic rings. The van der Waals surface area contributed by atoms with Gasteiger partial charge in [0.2, 0.25) is 0 Å². The van der Waals surface area contributed by atoms with E-state index in [1.165, 1.54) is 6.21 Å². The normalized spacial score (nSPS) is 11.4. The molecular weight excluding hydrogens is 461 g/mol. The Morgan fingerprint density at radius 2 is 1.96 bits per heavy atom. The van der Waals surface area contributed by atoms with Gasteiger partial charge in [0.15, 0.2) is 11.5 Å². The zero-order valence-electron chi connectivity index (χ0n) is 15.0. The Bertz CT molecular complexity index is 1130. The Balaban J connectivity index is 2.04. The van der Waals surface area contributed by atoms with Crippen LogP contribution in [0.5, 0.6) is 11.5 Å². The third-order valence-corrected chi connectivity index (χ3v) is 4.51. The Morgan fingerprint density at radius 1 is 1.22 bits per heavy atom. The van der Waals surface area contributed by atoms with Crippen LogP contribution < -0.4 is 20.7 Å². The van der Waals surface area contributed by atoms with Crippen molar-refractivity contribution >= 4 is 39.7 Å². The molecule has 0 aliphatic carbocycles. The lowest BCUT2D eigenvalue weighted by Gasteiger charge is -2.15. The third-order valence-electron chi connectivity index (χ3n) is 3.71. The van der Waals surface area contributed by atoms with E-state index in [1.54, 1.807) is 37.4 Å². The van der Waals surface area contributed by atoms with Crippen LogP contribution in [-0.2, 0) is 0 Å². The van der Waals surface area contributed by atoms with Crippen molar-refractivity contribution in [2.75, 3.05) is 7.11 Å². The highest BCUT2D eigenvalue weighted by atomic mass is 127. The molecule has 0 fully saturated rings. The highest BCUT2D eigenvalue weighted by molar-refractivity contribution is 14.1. The van der Waals surface area contributed by atoms with Gasteiger partial charge in [0.25, 0.3) is 5.56 Å². The molecule has 0 spiro atoms. The first-order chi connectivity index (χ1) is 12.9. The molecule has 7 nitrogen and oxygen atoms in total. The number of ether oxygens (including phenoxy) is 2. The number of H-pyrrole nitrogens is 1. The zero-order chi connectivity index (χ0) is 19.6. The number of aromatic amines is 1. The minimum absolute atomic E-state index is 0.00154. The molecule has 0 atom stereocenters. The Kier molecular flexibility index (Phi) is 5.64. The number of para-hydroxylation sites is 1. The number of benzene rings is 2. The average molecular weight is 479 g/mol. The molecule has 0 radical (unpaired) electrons. The molecule has 0 amide bonds. The molecule has 27 heavy (non-hydrogen) atoms. The molecule has 0 saturated carbocycles. The van der Waals surface area contributed by atoms with Gasteiger partial charge in [-0.1, -0.05) is 12.1 Å². The molecule has 0 saturated heterocycles. The second kappa shape index (κ2) is 7.95. The van der Waals surface area contributed by atoms with Crippen LogP contribution in [0.2, 0.25) is 0 Å². The lowest BCUT2D eigenvalue weighted by molar-refractivity contribution is 0.228. The van der Waals surface area contributed by atoms with Crippen LogP contribution in [0.25, 0.3) is 10.9 Å². The largest absolute Gasteiger partial charge is 0.493 e. The van der Waals surface area contributed by atoms with Gasteiger partial charge < -0.3 is 14.5 Å². The van der Waals surface area contributed by atoms with Crippen molar-refractivity contribution in [2.45, 2.75) is 20.0 Å².